The lowest BCUT2D eigenvalue weighted by molar-refractivity contribution is 0.705. The molecular weight excluding hydrogens is 347 g/mol. The van der Waals surface area contributed by atoms with Gasteiger partial charge >= 0.3 is 0 Å². The molecule has 0 bridgehead atoms. The molecule has 0 unspecified atom stereocenters. The second-order valence-corrected chi connectivity index (χ2v) is 6.12. The summed E-state index contributed by atoms with van der Waals surface area (Å²) in [5, 5.41) is 5.73. The molecule has 1 aromatic heterocycles. The van der Waals surface area contributed by atoms with Crippen molar-refractivity contribution in [2.45, 2.75) is 20.4 Å². The van der Waals surface area contributed by atoms with Crippen molar-refractivity contribution in [2.24, 2.45) is 0 Å². The summed E-state index contributed by atoms with van der Waals surface area (Å²) in [4.78, 5) is 0. The number of aryl methyl sites for hydroxylation is 2. The Morgan fingerprint density at radius 3 is 2.58 bits per heavy atom. The van der Waals surface area contributed by atoms with Crippen molar-refractivity contribution < 1.29 is 0 Å². The maximum absolute atomic E-state index is 4.53. The van der Waals surface area contributed by atoms with Crippen molar-refractivity contribution in [3.63, 3.8) is 0 Å². The van der Waals surface area contributed by atoms with Gasteiger partial charge in [0.15, 0.2) is 0 Å². The molecule has 0 amide bonds. The first-order valence-electron chi connectivity index (χ1n) is 6.31. The zero-order valence-corrected chi connectivity index (χ0v) is 13.2. The highest BCUT2D eigenvalue weighted by atomic mass is 127. The summed E-state index contributed by atoms with van der Waals surface area (Å²) in [5.74, 6) is 0. The molecule has 1 heterocycles. The molecule has 0 aliphatic rings. The lowest BCUT2D eigenvalue weighted by Crippen LogP contribution is -2.05. The molecule has 0 spiro atoms. The Kier molecular flexibility index (Phi) is 3.31. The van der Waals surface area contributed by atoms with Crippen molar-refractivity contribution in [3.8, 4) is 0 Å². The number of hydrogen-bond donors (Lipinski definition) is 0. The van der Waals surface area contributed by atoms with E-state index in [4.69, 9.17) is 0 Å². The van der Waals surface area contributed by atoms with Crippen molar-refractivity contribution in [1.29, 1.82) is 0 Å². The van der Waals surface area contributed by atoms with Crippen molar-refractivity contribution >= 4 is 33.5 Å². The van der Waals surface area contributed by atoms with Crippen molar-refractivity contribution in [1.82, 2.24) is 9.78 Å². The van der Waals surface area contributed by atoms with Crippen LogP contribution in [0.25, 0.3) is 10.9 Å². The van der Waals surface area contributed by atoms with E-state index in [1.807, 2.05) is 6.20 Å². The monoisotopic (exact) mass is 362 g/mol. The summed E-state index contributed by atoms with van der Waals surface area (Å²) in [6, 6.07) is 12.9. The SMILES string of the molecule is Cc1cccc(C)c1Cn1ncc2ccc(I)cc21. The molecule has 2 aromatic carbocycles. The third-order valence-corrected chi connectivity index (χ3v) is 4.23. The fourth-order valence-corrected chi connectivity index (χ4v) is 2.89. The minimum absolute atomic E-state index is 0.835. The van der Waals surface area contributed by atoms with Crippen LogP contribution < -0.4 is 0 Å². The molecule has 3 rings (SSSR count). The molecule has 3 heteroatoms. The van der Waals surface area contributed by atoms with E-state index in [-0.39, 0.29) is 0 Å². The first-order valence-corrected chi connectivity index (χ1v) is 7.39. The van der Waals surface area contributed by atoms with E-state index in [2.05, 4.69) is 82.6 Å². The van der Waals surface area contributed by atoms with E-state index in [0.29, 0.717) is 0 Å². The van der Waals surface area contributed by atoms with Crippen LogP contribution in [0, 0.1) is 17.4 Å². The highest BCUT2D eigenvalue weighted by Gasteiger charge is 2.07. The predicted molar refractivity (Wildman–Crippen MR) is 87.5 cm³/mol. The van der Waals surface area contributed by atoms with E-state index in [1.165, 1.54) is 31.2 Å². The van der Waals surface area contributed by atoms with Gasteiger partial charge in [0.05, 0.1) is 18.3 Å². The quantitative estimate of drug-likeness (QED) is 0.622. The minimum atomic E-state index is 0.835. The third-order valence-electron chi connectivity index (χ3n) is 3.56. The summed E-state index contributed by atoms with van der Waals surface area (Å²) >= 11 is 2.35. The van der Waals surface area contributed by atoms with Gasteiger partial charge in [-0.2, -0.15) is 5.10 Å². The van der Waals surface area contributed by atoms with Crippen LogP contribution in [0.15, 0.2) is 42.6 Å². The second-order valence-electron chi connectivity index (χ2n) is 4.88. The molecule has 2 nitrogen and oxygen atoms in total. The fraction of sp³-hybridized carbons (Fsp3) is 0.188. The Morgan fingerprint density at radius 1 is 1.11 bits per heavy atom. The van der Waals surface area contributed by atoms with Crippen LogP contribution in [-0.2, 0) is 6.54 Å². The van der Waals surface area contributed by atoms with Crippen molar-refractivity contribution in [2.75, 3.05) is 0 Å². The van der Waals surface area contributed by atoms with Gasteiger partial charge in [0.2, 0.25) is 0 Å². The van der Waals surface area contributed by atoms with E-state index >= 15 is 0 Å². The van der Waals surface area contributed by atoms with Crippen LogP contribution in [0.3, 0.4) is 0 Å². The van der Waals surface area contributed by atoms with E-state index in [9.17, 15) is 0 Å². The third kappa shape index (κ3) is 2.39. The average molecular weight is 362 g/mol. The molecule has 0 aliphatic heterocycles. The number of benzene rings is 2. The minimum Gasteiger partial charge on any atom is -0.260 e. The van der Waals surface area contributed by atoms with E-state index < -0.39 is 0 Å². The number of nitrogens with zero attached hydrogens (tertiary/aromatic N) is 2. The molecule has 0 aliphatic carbocycles. The lowest BCUT2D eigenvalue weighted by atomic mass is 10.0. The second kappa shape index (κ2) is 4.96. The summed E-state index contributed by atoms with van der Waals surface area (Å²) in [6.07, 6.45) is 1.94. The first-order chi connectivity index (χ1) is 9.15. The summed E-state index contributed by atoms with van der Waals surface area (Å²) in [6.45, 7) is 5.16. The molecule has 0 fully saturated rings. The van der Waals surface area contributed by atoms with E-state index in [1.54, 1.807) is 0 Å². The Morgan fingerprint density at radius 2 is 1.84 bits per heavy atom. The van der Waals surface area contributed by atoms with Gasteiger partial charge in [-0.15, -0.1) is 0 Å². The van der Waals surface area contributed by atoms with Gasteiger partial charge in [-0.1, -0.05) is 24.3 Å². The Labute approximate surface area is 126 Å². The molecule has 19 heavy (non-hydrogen) atoms. The lowest BCUT2D eigenvalue weighted by Gasteiger charge is -2.10. The van der Waals surface area contributed by atoms with Crippen molar-refractivity contribution in [3.05, 3.63) is 62.9 Å². The van der Waals surface area contributed by atoms with Gasteiger partial charge in [0.1, 0.15) is 0 Å². The summed E-state index contributed by atoms with van der Waals surface area (Å²) in [7, 11) is 0. The number of fused-ring (bicyclic) bond motifs is 1. The van der Waals surface area contributed by atoms with Gasteiger partial charge in [0, 0.05) is 8.96 Å². The number of halogens is 1. The molecule has 0 atom stereocenters. The van der Waals surface area contributed by atoms with Gasteiger partial charge in [0.25, 0.3) is 0 Å². The topological polar surface area (TPSA) is 17.8 Å². The molecule has 0 radical (unpaired) electrons. The molecule has 0 saturated carbocycles. The first kappa shape index (κ1) is 12.7. The zero-order valence-electron chi connectivity index (χ0n) is 11.0. The average Bonchev–Trinajstić information content (AvgIpc) is 2.76. The van der Waals surface area contributed by atoms with Crippen LogP contribution in [0.2, 0.25) is 0 Å². The largest absolute Gasteiger partial charge is 0.260 e. The maximum atomic E-state index is 4.53. The molecule has 0 saturated heterocycles. The zero-order chi connectivity index (χ0) is 13.4. The summed E-state index contributed by atoms with van der Waals surface area (Å²) < 4.78 is 3.33. The Bertz CT molecular complexity index is 723. The molecular formula is C16H15IN2. The van der Waals surface area contributed by atoms with Crippen LogP contribution >= 0.6 is 22.6 Å². The predicted octanol–water partition coefficient (Wildman–Crippen LogP) is 4.31. The molecule has 3 aromatic rings. The fourth-order valence-electron chi connectivity index (χ4n) is 2.42. The Hall–Kier alpha value is -1.36. The maximum Gasteiger partial charge on any atom is 0.0696 e. The molecule has 0 N–H and O–H groups in total. The number of hydrogen-bond acceptors (Lipinski definition) is 1. The van der Waals surface area contributed by atoms with Crippen LogP contribution in [-0.4, -0.2) is 9.78 Å². The normalized spacial score (nSPS) is 11.1. The number of rotatable bonds is 2. The highest BCUT2D eigenvalue weighted by Crippen LogP contribution is 2.20. The van der Waals surface area contributed by atoms with Gasteiger partial charge in [-0.05, 0) is 65.3 Å². The van der Waals surface area contributed by atoms with Crippen LogP contribution in [0.5, 0.6) is 0 Å². The smallest absolute Gasteiger partial charge is 0.0696 e. The standard InChI is InChI=1S/C16H15IN2/c1-11-4-3-5-12(2)15(11)10-19-16-8-14(17)7-6-13(16)9-18-19/h3-9H,10H2,1-2H3. The number of aromatic nitrogens is 2. The summed E-state index contributed by atoms with van der Waals surface area (Å²) in [5.41, 5.74) is 5.23. The molecule has 96 valence electrons. The van der Waals surface area contributed by atoms with Gasteiger partial charge < -0.3 is 0 Å². The van der Waals surface area contributed by atoms with Gasteiger partial charge in [-0.3, -0.25) is 4.68 Å². The van der Waals surface area contributed by atoms with Crippen LogP contribution in [0.4, 0.5) is 0 Å². The highest BCUT2D eigenvalue weighted by molar-refractivity contribution is 14.1. The van der Waals surface area contributed by atoms with Crippen LogP contribution in [0.1, 0.15) is 16.7 Å². The van der Waals surface area contributed by atoms with Gasteiger partial charge in [-0.25, -0.2) is 0 Å². The Balaban J connectivity index is 2.08. The van der Waals surface area contributed by atoms with E-state index in [0.717, 1.165) is 6.54 Å².